The minimum atomic E-state index is 0.0516. The average Bonchev–Trinajstić information content (AvgIpc) is 3.03. The van der Waals surface area contributed by atoms with Gasteiger partial charge in [-0.05, 0) is 31.2 Å². The highest BCUT2D eigenvalue weighted by molar-refractivity contribution is 7.99. The third-order valence-electron chi connectivity index (χ3n) is 6.06. The zero-order valence-electron chi connectivity index (χ0n) is 16.7. The van der Waals surface area contributed by atoms with E-state index >= 15 is 0 Å². The van der Waals surface area contributed by atoms with Crippen molar-refractivity contribution in [3.8, 4) is 0 Å². The molecule has 0 unspecified atom stereocenters. The number of carbonyl (C=O) groups excluding carboxylic acids is 1. The van der Waals surface area contributed by atoms with Gasteiger partial charge in [0.15, 0.2) is 5.65 Å². The number of hydrogen-bond donors (Lipinski definition) is 1. The Bertz CT molecular complexity index is 1000. The molecule has 0 saturated heterocycles. The molecule has 0 radical (unpaired) electrons. The maximum Gasteiger partial charge on any atom is 0.230 e. The van der Waals surface area contributed by atoms with Gasteiger partial charge < -0.3 is 9.88 Å². The number of hydrogen-bond acceptors (Lipinski definition) is 5. The number of rotatable bonds is 5. The fraction of sp³-hybridized carbons (Fsp3) is 0.524. The summed E-state index contributed by atoms with van der Waals surface area (Å²) in [6.07, 6.45) is 3.52. The molecule has 6 nitrogen and oxygen atoms in total. The van der Waals surface area contributed by atoms with E-state index < -0.39 is 0 Å². The van der Waals surface area contributed by atoms with Gasteiger partial charge in [0.2, 0.25) is 11.1 Å². The standard InChI is InChI=1S/C21H27N5OS/c1-4-26-17-11-6-5-9-15(17)19-20(26)23-21(25-24-19)28-12-18(27)22-16-10-7-8-13(2)14(16)3/h5-6,9,11,13-14,16H,4,7-8,10,12H2,1-3H3,(H,22,27)/t13-,14-,16+/m0/s1. The summed E-state index contributed by atoms with van der Waals surface area (Å²) in [4.78, 5) is 17.2. The normalized spacial score (nSPS) is 22.6. The fourth-order valence-corrected chi connectivity index (χ4v) is 4.83. The summed E-state index contributed by atoms with van der Waals surface area (Å²) >= 11 is 1.35. The zero-order valence-corrected chi connectivity index (χ0v) is 17.5. The Kier molecular flexibility index (Phi) is 5.53. The lowest BCUT2D eigenvalue weighted by Gasteiger charge is -2.34. The summed E-state index contributed by atoms with van der Waals surface area (Å²) in [6, 6.07) is 8.43. The maximum atomic E-state index is 12.5. The Morgan fingerprint density at radius 3 is 2.89 bits per heavy atom. The second-order valence-corrected chi connectivity index (χ2v) is 8.70. The number of benzene rings is 1. The molecule has 2 aromatic heterocycles. The molecule has 0 spiro atoms. The molecule has 1 fully saturated rings. The predicted octanol–water partition coefficient (Wildman–Crippen LogP) is 4.03. The van der Waals surface area contributed by atoms with Gasteiger partial charge in [-0.2, -0.15) is 0 Å². The van der Waals surface area contributed by atoms with Crippen molar-refractivity contribution in [2.75, 3.05) is 5.75 Å². The lowest BCUT2D eigenvalue weighted by molar-refractivity contribution is -0.120. The van der Waals surface area contributed by atoms with E-state index in [9.17, 15) is 4.79 Å². The van der Waals surface area contributed by atoms with Crippen LogP contribution in [-0.2, 0) is 11.3 Å². The molecule has 1 aromatic carbocycles. The second-order valence-electron chi connectivity index (χ2n) is 7.76. The molecule has 0 bridgehead atoms. The molecule has 3 aromatic rings. The number of aromatic nitrogens is 4. The van der Waals surface area contributed by atoms with Crippen molar-refractivity contribution in [3.05, 3.63) is 24.3 Å². The Morgan fingerprint density at radius 2 is 2.07 bits per heavy atom. The summed E-state index contributed by atoms with van der Waals surface area (Å²) in [5, 5.41) is 13.5. The predicted molar refractivity (Wildman–Crippen MR) is 113 cm³/mol. The zero-order chi connectivity index (χ0) is 19.7. The molecular formula is C21H27N5OS. The lowest BCUT2D eigenvalue weighted by Crippen LogP contribution is -2.44. The second kappa shape index (κ2) is 8.07. The van der Waals surface area contributed by atoms with Crippen LogP contribution in [0.15, 0.2) is 29.4 Å². The van der Waals surface area contributed by atoms with Crippen LogP contribution in [0, 0.1) is 11.8 Å². The third kappa shape index (κ3) is 3.60. The molecule has 1 aliphatic rings. The molecular weight excluding hydrogens is 370 g/mol. The first kappa shape index (κ1) is 19.2. The molecule has 28 heavy (non-hydrogen) atoms. The molecule has 4 rings (SSSR count). The van der Waals surface area contributed by atoms with Gasteiger partial charge in [0.1, 0.15) is 5.52 Å². The van der Waals surface area contributed by atoms with Gasteiger partial charge in [0, 0.05) is 18.0 Å². The fourth-order valence-electron chi connectivity index (χ4n) is 4.23. The minimum Gasteiger partial charge on any atom is -0.352 e. The summed E-state index contributed by atoms with van der Waals surface area (Å²) in [5.74, 6) is 1.56. The minimum absolute atomic E-state index is 0.0516. The number of aryl methyl sites for hydroxylation is 1. The maximum absolute atomic E-state index is 12.5. The van der Waals surface area contributed by atoms with Crippen LogP contribution in [0.3, 0.4) is 0 Å². The van der Waals surface area contributed by atoms with Crippen LogP contribution in [0.4, 0.5) is 0 Å². The number of fused-ring (bicyclic) bond motifs is 3. The number of carbonyl (C=O) groups is 1. The van der Waals surface area contributed by atoms with E-state index in [0.717, 1.165) is 35.0 Å². The highest BCUT2D eigenvalue weighted by atomic mass is 32.2. The van der Waals surface area contributed by atoms with E-state index in [1.54, 1.807) is 0 Å². The molecule has 2 heterocycles. The van der Waals surface area contributed by atoms with Crippen molar-refractivity contribution in [2.24, 2.45) is 11.8 Å². The monoisotopic (exact) mass is 397 g/mol. The molecule has 0 aliphatic heterocycles. The van der Waals surface area contributed by atoms with Gasteiger partial charge in [-0.3, -0.25) is 4.79 Å². The van der Waals surface area contributed by atoms with Crippen LogP contribution in [0.25, 0.3) is 22.1 Å². The Balaban J connectivity index is 1.48. The van der Waals surface area contributed by atoms with Gasteiger partial charge in [0.25, 0.3) is 0 Å². The molecule has 3 atom stereocenters. The average molecular weight is 398 g/mol. The van der Waals surface area contributed by atoms with Crippen LogP contribution in [0.5, 0.6) is 0 Å². The third-order valence-corrected chi connectivity index (χ3v) is 6.89. The van der Waals surface area contributed by atoms with Crippen LogP contribution < -0.4 is 5.32 Å². The lowest BCUT2D eigenvalue weighted by atomic mass is 9.78. The van der Waals surface area contributed by atoms with Crippen molar-refractivity contribution in [1.82, 2.24) is 25.1 Å². The number of nitrogens with zero attached hydrogens (tertiary/aromatic N) is 4. The SMILES string of the molecule is CCn1c2ccccc2c2nnc(SCC(=O)N[C@@H]3CCC[C@H](C)[C@@H]3C)nc21. The molecule has 7 heteroatoms. The molecule has 1 aliphatic carbocycles. The molecule has 1 saturated carbocycles. The Morgan fingerprint density at radius 1 is 1.25 bits per heavy atom. The van der Waals surface area contributed by atoms with E-state index in [-0.39, 0.29) is 11.9 Å². The van der Waals surface area contributed by atoms with Gasteiger partial charge in [0.05, 0.1) is 11.3 Å². The molecule has 1 N–H and O–H groups in total. The van der Waals surface area contributed by atoms with Crippen molar-refractivity contribution in [2.45, 2.75) is 57.8 Å². The highest BCUT2D eigenvalue weighted by Crippen LogP contribution is 2.30. The highest BCUT2D eigenvalue weighted by Gasteiger charge is 2.28. The summed E-state index contributed by atoms with van der Waals surface area (Å²) in [5.41, 5.74) is 2.76. The van der Waals surface area contributed by atoms with Gasteiger partial charge >= 0.3 is 0 Å². The van der Waals surface area contributed by atoms with Crippen LogP contribution in [0.1, 0.15) is 40.0 Å². The van der Waals surface area contributed by atoms with E-state index in [1.165, 1.54) is 24.6 Å². The van der Waals surface area contributed by atoms with Crippen molar-refractivity contribution >= 4 is 39.7 Å². The summed E-state index contributed by atoms with van der Waals surface area (Å²) < 4.78 is 2.15. The van der Waals surface area contributed by atoms with Crippen LogP contribution in [0.2, 0.25) is 0 Å². The van der Waals surface area contributed by atoms with E-state index in [4.69, 9.17) is 4.98 Å². The van der Waals surface area contributed by atoms with E-state index in [1.807, 2.05) is 18.2 Å². The quantitative estimate of drug-likeness (QED) is 0.658. The molecule has 148 valence electrons. The van der Waals surface area contributed by atoms with Crippen molar-refractivity contribution in [3.63, 3.8) is 0 Å². The van der Waals surface area contributed by atoms with E-state index in [2.05, 4.69) is 46.9 Å². The van der Waals surface area contributed by atoms with Gasteiger partial charge in [-0.1, -0.05) is 56.7 Å². The van der Waals surface area contributed by atoms with Crippen molar-refractivity contribution in [1.29, 1.82) is 0 Å². The summed E-state index contributed by atoms with van der Waals surface area (Å²) in [7, 11) is 0. The first-order valence-corrected chi connectivity index (χ1v) is 11.1. The van der Waals surface area contributed by atoms with Crippen molar-refractivity contribution < 1.29 is 4.79 Å². The number of thioether (sulfide) groups is 1. The molecule has 1 amide bonds. The van der Waals surface area contributed by atoms with Gasteiger partial charge in [-0.25, -0.2) is 4.98 Å². The number of nitrogens with one attached hydrogen (secondary N) is 1. The Hall–Kier alpha value is -2.15. The smallest absolute Gasteiger partial charge is 0.230 e. The Labute approximate surface area is 169 Å². The largest absolute Gasteiger partial charge is 0.352 e. The number of amides is 1. The topological polar surface area (TPSA) is 72.7 Å². The summed E-state index contributed by atoms with van der Waals surface area (Å²) in [6.45, 7) is 7.43. The van der Waals surface area contributed by atoms with Gasteiger partial charge in [-0.15, -0.1) is 10.2 Å². The van der Waals surface area contributed by atoms with E-state index in [0.29, 0.717) is 22.7 Å². The van der Waals surface area contributed by atoms with Crippen LogP contribution >= 0.6 is 11.8 Å². The van der Waals surface area contributed by atoms with Crippen LogP contribution in [-0.4, -0.2) is 37.5 Å². The first-order valence-electron chi connectivity index (χ1n) is 10.1. The number of para-hydroxylation sites is 1. The first-order chi connectivity index (χ1) is 13.6.